The summed E-state index contributed by atoms with van der Waals surface area (Å²) in [6.45, 7) is 1.87. The van der Waals surface area contributed by atoms with Crippen LogP contribution in [0.3, 0.4) is 0 Å². The van der Waals surface area contributed by atoms with E-state index >= 15 is 0 Å². The highest BCUT2D eigenvalue weighted by Gasteiger charge is 2.28. The van der Waals surface area contributed by atoms with Gasteiger partial charge in [-0.1, -0.05) is 48.5 Å². The van der Waals surface area contributed by atoms with Crippen LogP contribution in [0.2, 0.25) is 0 Å². The van der Waals surface area contributed by atoms with Crippen LogP contribution in [0, 0.1) is 0 Å². The van der Waals surface area contributed by atoms with Crippen molar-refractivity contribution in [3.05, 3.63) is 59.7 Å². The molecule has 2 aromatic rings. The SMILES string of the molecule is CC(=O)OCC1c2ccccc2-c2ccccc21.S=PP=S. The summed E-state index contributed by atoms with van der Waals surface area (Å²) in [6.07, 6.45) is 0. The molecular weight excluding hydrogens is 350 g/mol. The first kappa shape index (κ1) is 17.3. The smallest absolute Gasteiger partial charge is 0.302 e. The average molecular weight is 364 g/mol. The summed E-state index contributed by atoms with van der Waals surface area (Å²) < 4.78 is 5.20. The first-order valence-electron chi connectivity index (χ1n) is 6.65. The van der Waals surface area contributed by atoms with Crippen LogP contribution in [0.1, 0.15) is 24.0 Å². The molecule has 0 bridgehead atoms. The Morgan fingerprint density at radius 1 is 1.00 bits per heavy atom. The van der Waals surface area contributed by atoms with E-state index in [9.17, 15) is 4.79 Å². The van der Waals surface area contributed by atoms with E-state index < -0.39 is 0 Å². The molecule has 0 aliphatic heterocycles. The van der Waals surface area contributed by atoms with E-state index in [2.05, 4.69) is 47.9 Å². The molecular formula is C16H14O2P2S2. The van der Waals surface area contributed by atoms with Gasteiger partial charge in [-0.25, -0.2) is 0 Å². The number of carbonyl (C=O) groups is 1. The zero-order valence-electron chi connectivity index (χ0n) is 11.9. The second-order valence-corrected chi connectivity index (χ2v) is 8.94. The molecule has 0 radical (unpaired) electrons. The van der Waals surface area contributed by atoms with Crippen LogP contribution in [0.25, 0.3) is 11.1 Å². The number of fused-ring (bicyclic) bond motifs is 3. The van der Waals surface area contributed by atoms with Crippen LogP contribution in [0.5, 0.6) is 0 Å². The van der Waals surface area contributed by atoms with Crippen molar-refractivity contribution in [3.63, 3.8) is 0 Å². The molecule has 0 fully saturated rings. The van der Waals surface area contributed by atoms with E-state index in [4.69, 9.17) is 4.74 Å². The second kappa shape index (κ2) is 8.55. The lowest BCUT2D eigenvalue weighted by Gasteiger charge is -2.12. The Hall–Kier alpha value is -1.05. The minimum absolute atomic E-state index is 0.168. The Balaban J connectivity index is 0.000000396. The van der Waals surface area contributed by atoms with Crippen LogP contribution in [0.15, 0.2) is 48.5 Å². The van der Waals surface area contributed by atoms with E-state index in [-0.39, 0.29) is 11.9 Å². The summed E-state index contributed by atoms with van der Waals surface area (Å²) in [5.41, 5.74) is 5.01. The first-order valence-corrected chi connectivity index (χ1v) is 11.2. The van der Waals surface area contributed by atoms with Gasteiger partial charge in [0, 0.05) is 26.9 Å². The summed E-state index contributed by atoms with van der Waals surface area (Å²) in [5.74, 6) is -0.0573. The van der Waals surface area contributed by atoms with Crippen molar-refractivity contribution in [1.29, 1.82) is 0 Å². The van der Waals surface area contributed by atoms with Gasteiger partial charge in [0.1, 0.15) is 6.61 Å². The summed E-state index contributed by atoms with van der Waals surface area (Å²) in [4.78, 5) is 11.0. The third-order valence-corrected chi connectivity index (χ3v) is 6.12. The molecule has 0 heterocycles. The van der Waals surface area contributed by atoms with Gasteiger partial charge in [0.05, 0.1) is 0 Å². The molecule has 0 N–H and O–H groups in total. The maximum absolute atomic E-state index is 11.0. The molecule has 2 nitrogen and oxygen atoms in total. The molecule has 0 spiro atoms. The van der Waals surface area contributed by atoms with E-state index in [0.29, 0.717) is 6.61 Å². The lowest BCUT2D eigenvalue weighted by Crippen LogP contribution is -2.09. The molecule has 0 unspecified atom stereocenters. The standard InChI is InChI=1S/C16H14O2.P2S2/c1-11(17)18-10-16-14-8-4-2-6-12(14)13-7-3-5-9-15(13)16;3-1-2-4/h2-9,16H,10H2,1H3;. The van der Waals surface area contributed by atoms with Crippen LogP contribution in [-0.2, 0) is 33.1 Å². The number of esters is 1. The Bertz CT molecular complexity index is 653. The van der Waals surface area contributed by atoms with Gasteiger partial charge >= 0.3 is 5.97 Å². The molecule has 1 aliphatic carbocycles. The van der Waals surface area contributed by atoms with Gasteiger partial charge in [0.25, 0.3) is 0 Å². The topological polar surface area (TPSA) is 26.3 Å². The van der Waals surface area contributed by atoms with Crippen molar-refractivity contribution >= 4 is 43.7 Å². The third-order valence-electron chi connectivity index (χ3n) is 3.45. The summed E-state index contributed by atoms with van der Waals surface area (Å²) in [5, 5.41) is 0. The Labute approximate surface area is 143 Å². The monoisotopic (exact) mass is 364 g/mol. The number of benzene rings is 2. The first-order chi connectivity index (χ1) is 10.7. The number of carbonyl (C=O) groups excluding carboxylic acids is 1. The Kier molecular flexibility index (Phi) is 6.72. The normalized spacial score (nSPS) is 12.2. The fraction of sp³-hybridized carbons (Fsp3) is 0.188. The van der Waals surface area contributed by atoms with Crippen molar-refractivity contribution < 1.29 is 9.53 Å². The molecule has 3 rings (SSSR count). The van der Waals surface area contributed by atoms with Crippen molar-refractivity contribution in [2.24, 2.45) is 0 Å². The van der Waals surface area contributed by atoms with Crippen molar-refractivity contribution in [2.45, 2.75) is 12.8 Å². The van der Waals surface area contributed by atoms with Gasteiger partial charge in [0.15, 0.2) is 0 Å². The van der Waals surface area contributed by atoms with Gasteiger partial charge in [-0.05, 0) is 45.9 Å². The summed E-state index contributed by atoms with van der Waals surface area (Å²) in [6, 6.07) is 16.6. The Morgan fingerprint density at radius 2 is 1.45 bits per heavy atom. The molecule has 2 aromatic carbocycles. The number of hydrogen-bond donors (Lipinski definition) is 0. The molecule has 0 aromatic heterocycles. The van der Waals surface area contributed by atoms with Crippen LogP contribution >= 0.6 is 14.1 Å². The molecule has 0 saturated heterocycles. The zero-order valence-corrected chi connectivity index (χ0v) is 15.4. The lowest BCUT2D eigenvalue weighted by atomic mass is 9.98. The van der Waals surface area contributed by atoms with Crippen LogP contribution in [0.4, 0.5) is 0 Å². The number of ether oxygens (including phenoxy) is 1. The molecule has 112 valence electrons. The highest BCUT2D eigenvalue weighted by Crippen LogP contribution is 2.44. The number of hydrogen-bond acceptors (Lipinski definition) is 4. The van der Waals surface area contributed by atoms with E-state index in [1.54, 1.807) is 0 Å². The summed E-state index contributed by atoms with van der Waals surface area (Å²) in [7, 11) is 1.74. The highest BCUT2D eigenvalue weighted by atomic mass is 32.7. The summed E-state index contributed by atoms with van der Waals surface area (Å²) >= 11 is 8.82. The zero-order chi connectivity index (χ0) is 15.9. The van der Waals surface area contributed by atoms with Crippen molar-refractivity contribution in [3.8, 4) is 11.1 Å². The fourth-order valence-corrected chi connectivity index (χ4v) is 2.64. The van der Waals surface area contributed by atoms with E-state index in [1.165, 1.54) is 29.2 Å². The average Bonchev–Trinajstić information content (AvgIpc) is 2.87. The second-order valence-electron chi connectivity index (χ2n) is 4.69. The fourth-order valence-electron chi connectivity index (χ4n) is 2.64. The molecule has 6 heteroatoms. The molecule has 0 atom stereocenters. The quantitative estimate of drug-likeness (QED) is 0.560. The number of rotatable bonds is 3. The molecule has 0 amide bonds. The lowest BCUT2D eigenvalue weighted by molar-refractivity contribution is -0.141. The van der Waals surface area contributed by atoms with Crippen LogP contribution in [-0.4, -0.2) is 12.6 Å². The van der Waals surface area contributed by atoms with E-state index in [0.717, 1.165) is 14.1 Å². The van der Waals surface area contributed by atoms with Gasteiger partial charge in [-0.2, -0.15) is 0 Å². The van der Waals surface area contributed by atoms with Crippen LogP contribution < -0.4 is 0 Å². The largest absolute Gasteiger partial charge is 0.465 e. The maximum Gasteiger partial charge on any atom is 0.302 e. The molecule has 22 heavy (non-hydrogen) atoms. The third kappa shape index (κ3) is 4.02. The maximum atomic E-state index is 11.0. The van der Waals surface area contributed by atoms with Gasteiger partial charge < -0.3 is 4.74 Å². The highest BCUT2D eigenvalue weighted by molar-refractivity contribution is 8.40. The van der Waals surface area contributed by atoms with Gasteiger partial charge in [-0.3, -0.25) is 4.79 Å². The predicted octanol–water partition coefficient (Wildman–Crippen LogP) is 5.08. The van der Waals surface area contributed by atoms with Crippen molar-refractivity contribution in [2.75, 3.05) is 6.61 Å². The predicted molar refractivity (Wildman–Crippen MR) is 98.9 cm³/mol. The Morgan fingerprint density at radius 3 is 1.86 bits per heavy atom. The van der Waals surface area contributed by atoms with E-state index in [1.807, 2.05) is 24.3 Å². The minimum Gasteiger partial charge on any atom is -0.465 e. The molecule has 1 aliphatic rings. The van der Waals surface area contributed by atoms with Crippen molar-refractivity contribution in [1.82, 2.24) is 0 Å². The molecule has 0 saturated carbocycles. The van der Waals surface area contributed by atoms with Gasteiger partial charge in [0.2, 0.25) is 0 Å². The van der Waals surface area contributed by atoms with Gasteiger partial charge in [-0.15, -0.1) is 0 Å². The minimum atomic E-state index is -0.225.